The maximum absolute atomic E-state index is 9.09. The van der Waals surface area contributed by atoms with E-state index in [1.54, 1.807) is 0 Å². The Morgan fingerprint density at radius 3 is 2.37 bits per heavy atom. The van der Waals surface area contributed by atoms with Gasteiger partial charge in [0, 0.05) is 19.7 Å². The minimum absolute atomic E-state index is 0.595. The first kappa shape index (κ1) is 13.1. The van der Waals surface area contributed by atoms with Crippen molar-refractivity contribution in [1.82, 2.24) is 4.98 Å². The second kappa shape index (κ2) is 5.11. The number of anilines is 1. The van der Waals surface area contributed by atoms with Crippen molar-refractivity contribution in [1.29, 1.82) is 5.26 Å². The third kappa shape index (κ3) is 2.58. The van der Waals surface area contributed by atoms with Crippen LogP contribution in [0.3, 0.4) is 0 Å². The molecule has 0 fully saturated rings. The van der Waals surface area contributed by atoms with Gasteiger partial charge in [0.25, 0.3) is 0 Å². The summed E-state index contributed by atoms with van der Waals surface area (Å²) in [5.41, 5.74) is 5.08. The van der Waals surface area contributed by atoms with Gasteiger partial charge in [0.05, 0.1) is 11.3 Å². The molecule has 0 amide bonds. The molecule has 0 spiro atoms. The van der Waals surface area contributed by atoms with Gasteiger partial charge >= 0.3 is 0 Å². The maximum atomic E-state index is 9.09. The molecule has 3 nitrogen and oxygen atoms in total. The molecule has 0 radical (unpaired) electrons. The Morgan fingerprint density at radius 1 is 1.05 bits per heavy atom. The molecular weight excluding hydrogens is 234 g/mol. The topological polar surface area (TPSA) is 39.9 Å². The summed E-state index contributed by atoms with van der Waals surface area (Å²) in [5.74, 6) is 0.707. The molecule has 3 heteroatoms. The van der Waals surface area contributed by atoms with Gasteiger partial charge in [-0.1, -0.05) is 12.1 Å². The third-order valence-electron chi connectivity index (χ3n) is 3.22. The van der Waals surface area contributed by atoms with Gasteiger partial charge in [-0.05, 0) is 43.2 Å². The van der Waals surface area contributed by atoms with E-state index in [2.05, 4.69) is 43.1 Å². The van der Waals surface area contributed by atoms with Crippen molar-refractivity contribution in [2.75, 3.05) is 19.0 Å². The average molecular weight is 251 g/mol. The molecule has 0 atom stereocenters. The van der Waals surface area contributed by atoms with Crippen LogP contribution in [0.15, 0.2) is 30.3 Å². The van der Waals surface area contributed by atoms with Crippen molar-refractivity contribution in [2.24, 2.45) is 0 Å². The van der Waals surface area contributed by atoms with Crippen molar-refractivity contribution < 1.29 is 0 Å². The monoisotopic (exact) mass is 251 g/mol. The fourth-order valence-electron chi connectivity index (χ4n) is 1.94. The zero-order chi connectivity index (χ0) is 14.0. The number of nitriles is 1. The van der Waals surface area contributed by atoms with E-state index < -0.39 is 0 Å². The Bertz CT molecular complexity index is 652. The molecule has 1 aromatic heterocycles. The van der Waals surface area contributed by atoms with Crippen LogP contribution in [0.1, 0.15) is 16.7 Å². The van der Waals surface area contributed by atoms with Gasteiger partial charge in [0.2, 0.25) is 0 Å². The summed E-state index contributed by atoms with van der Waals surface area (Å²) >= 11 is 0. The highest BCUT2D eigenvalue weighted by atomic mass is 15.1. The third-order valence-corrected chi connectivity index (χ3v) is 3.22. The molecule has 0 aliphatic heterocycles. The van der Waals surface area contributed by atoms with Gasteiger partial charge in [-0.25, -0.2) is 4.98 Å². The standard InChI is InChI=1S/C16H17N3/c1-11-5-6-13(9-12(11)2)15-8-7-14(10-17)16(18-15)19(3)4/h5-9H,1-4H3. The van der Waals surface area contributed by atoms with Crippen molar-refractivity contribution in [3.05, 3.63) is 47.0 Å². The van der Waals surface area contributed by atoms with Gasteiger partial charge in [-0.15, -0.1) is 0 Å². The van der Waals surface area contributed by atoms with Crippen LogP contribution in [0.2, 0.25) is 0 Å². The number of rotatable bonds is 2. The first-order chi connectivity index (χ1) is 9.02. The quantitative estimate of drug-likeness (QED) is 0.822. The van der Waals surface area contributed by atoms with Crippen LogP contribution in [-0.4, -0.2) is 19.1 Å². The van der Waals surface area contributed by atoms with Crippen LogP contribution in [0.25, 0.3) is 11.3 Å². The van der Waals surface area contributed by atoms with E-state index in [4.69, 9.17) is 5.26 Å². The molecule has 0 saturated carbocycles. The fourth-order valence-corrected chi connectivity index (χ4v) is 1.94. The lowest BCUT2D eigenvalue weighted by Crippen LogP contribution is -2.12. The highest BCUT2D eigenvalue weighted by Crippen LogP contribution is 2.24. The largest absolute Gasteiger partial charge is 0.362 e. The lowest BCUT2D eigenvalue weighted by molar-refractivity contribution is 1.06. The van der Waals surface area contributed by atoms with Crippen LogP contribution in [0, 0.1) is 25.2 Å². The molecule has 1 heterocycles. The van der Waals surface area contributed by atoms with Crippen LogP contribution in [0.4, 0.5) is 5.82 Å². The Balaban J connectivity index is 2.54. The Kier molecular flexibility index (Phi) is 3.52. The number of aromatic nitrogens is 1. The zero-order valence-corrected chi connectivity index (χ0v) is 11.7. The number of hydrogen-bond acceptors (Lipinski definition) is 3. The molecule has 19 heavy (non-hydrogen) atoms. The summed E-state index contributed by atoms with van der Waals surface area (Å²) in [4.78, 5) is 6.45. The van der Waals surface area contributed by atoms with Gasteiger partial charge < -0.3 is 4.90 Å². The normalized spacial score (nSPS) is 10.1. The van der Waals surface area contributed by atoms with Crippen molar-refractivity contribution >= 4 is 5.82 Å². The molecule has 0 saturated heterocycles. The number of benzene rings is 1. The molecule has 1 aromatic carbocycles. The molecule has 0 N–H and O–H groups in total. The van der Waals surface area contributed by atoms with E-state index in [1.807, 2.05) is 31.1 Å². The summed E-state index contributed by atoms with van der Waals surface area (Å²) in [6.45, 7) is 4.19. The lowest BCUT2D eigenvalue weighted by atomic mass is 10.0. The second-order valence-electron chi connectivity index (χ2n) is 4.87. The first-order valence-electron chi connectivity index (χ1n) is 6.19. The van der Waals surface area contributed by atoms with Crippen molar-refractivity contribution in [3.63, 3.8) is 0 Å². The average Bonchev–Trinajstić information content (AvgIpc) is 2.41. The van der Waals surface area contributed by atoms with Crippen LogP contribution in [0.5, 0.6) is 0 Å². The number of aryl methyl sites for hydroxylation is 2. The highest BCUT2D eigenvalue weighted by molar-refractivity contribution is 5.66. The van der Waals surface area contributed by atoms with Crippen LogP contribution < -0.4 is 4.90 Å². The Morgan fingerprint density at radius 2 is 1.79 bits per heavy atom. The van der Waals surface area contributed by atoms with E-state index in [9.17, 15) is 0 Å². The van der Waals surface area contributed by atoms with Crippen molar-refractivity contribution in [3.8, 4) is 17.3 Å². The zero-order valence-electron chi connectivity index (χ0n) is 11.7. The Hall–Kier alpha value is -2.34. The summed E-state index contributed by atoms with van der Waals surface area (Å²) < 4.78 is 0. The second-order valence-corrected chi connectivity index (χ2v) is 4.87. The number of nitrogens with zero attached hydrogens (tertiary/aromatic N) is 3. The van der Waals surface area contributed by atoms with Gasteiger partial charge in [0.1, 0.15) is 11.9 Å². The van der Waals surface area contributed by atoms with E-state index in [0.29, 0.717) is 11.4 Å². The molecule has 0 bridgehead atoms. The molecule has 0 aliphatic carbocycles. The first-order valence-corrected chi connectivity index (χ1v) is 6.19. The van der Waals surface area contributed by atoms with E-state index in [0.717, 1.165) is 11.3 Å². The SMILES string of the molecule is Cc1ccc(-c2ccc(C#N)c(N(C)C)n2)cc1C. The van der Waals surface area contributed by atoms with Gasteiger partial charge in [0.15, 0.2) is 0 Å². The summed E-state index contributed by atoms with van der Waals surface area (Å²) in [6, 6.07) is 12.2. The van der Waals surface area contributed by atoms with Crippen LogP contribution in [-0.2, 0) is 0 Å². The maximum Gasteiger partial charge on any atom is 0.146 e. The smallest absolute Gasteiger partial charge is 0.146 e. The predicted octanol–water partition coefficient (Wildman–Crippen LogP) is 3.30. The minimum Gasteiger partial charge on any atom is -0.362 e. The van der Waals surface area contributed by atoms with E-state index >= 15 is 0 Å². The highest BCUT2D eigenvalue weighted by Gasteiger charge is 2.09. The molecule has 0 aliphatic rings. The van der Waals surface area contributed by atoms with Crippen molar-refractivity contribution in [2.45, 2.75) is 13.8 Å². The minimum atomic E-state index is 0.595. The molecular formula is C16H17N3. The van der Waals surface area contributed by atoms with E-state index in [-0.39, 0.29) is 0 Å². The predicted molar refractivity (Wildman–Crippen MR) is 78.2 cm³/mol. The van der Waals surface area contributed by atoms with Gasteiger partial charge in [-0.2, -0.15) is 5.26 Å². The molecule has 96 valence electrons. The summed E-state index contributed by atoms with van der Waals surface area (Å²) in [6.07, 6.45) is 0. The number of pyridine rings is 1. The molecule has 0 unspecified atom stereocenters. The number of hydrogen-bond donors (Lipinski definition) is 0. The van der Waals surface area contributed by atoms with E-state index in [1.165, 1.54) is 11.1 Å². The van der Waals surface area contributed by atoms with Crippen LogP contribution >= 0.6 is 0 Å². The Labute approximate surface area is 114 Å². The van der Waals surface area contributed by atoms with Gasteiger partial charge in [-0.3, -0.25) is 0 Å². The summed E-state index contributed by atoms with van der Waals surface area (Å²) in [7, 11) is 3.79. The summed E-state index contributed by atoms with van der Waals surface area (Å²) in [5, 5.41) is 9.09. The molecule has 2 aromatic rings. The lowest BCUT2D eigenvalue weighted by Gasteiger charge is -2.14. The molecule has 2 rings (SSSR count). The fraction of sp³-hybridized carbons (Fsp3) is 0.250.